The summed E-state index contributed by atoms with van der Waals surface area (Å²) < 4.78 is 14.2. The van der Waals surface area contributed by atoms with Crippen molar-refractivity contribution in [3.05, 3.63) is 40.5 Å². The molecule has 0 aliphatic rings. The Morgan fingerprint density at radius 1 is 1.54 bits per heavy atom. The number of hydrogen-bond donors (Lipinski definition) is 0. The quantitative estimate of drug-likeness (QED) is 0.592. The van der Waals surface area contributed by atoms with Crippen LogP contribution in [-0.2, 0) is 0 Å². The lowest BCUT2D eigenvalue weighted by atomic mass is 10.4. The zero-order valence-corrected chi connectivity index (χ0v) is 6.86. The third-order valence-electron chi connectivity index (χ3n) is 1.75. The predicted octanol–water partition coefficient (Wildman–Crippen LogP) is 0.537. The summed E-state index contributed by atoms with van der Waals surface area (Å²) in [5, 5.41) is 0. The SMILES string of the molecule is Cc1nc2cnccn2c(=O)c1F. The molecular formula is C8H6FN3O. The first kappa shape index (κ1) is 7.85. The normalized spacial score (nSPS) is 10.6. The van der Waals surface area contributed by atoms with E-state index in [1.165, 1.54) is 25.5 Å². The van der Waals surface area contributed by atoms with Gasteiger partial charge in [-0.25, -0.2) is 4.98 Å². The zero-order valence-electron chi connectivity index (χ0n) is 6.86. The topological polar surface area (TPSA) is 47.3 Å². The van der Waals surface area contributed by atoms with Crippen LogP contribution in [-0.4, -0.2) is 14.4 Å². The molecule has 0 aliphatic carbocycles. The Hall–Kier alpha value is -1.78. The van der Waals surface area contributed by atoms with Gasteiger partial charge in [0.2, 0.25) is 5.82 Å². The molecule has 0 saturated carbocycles. The summed E-state index contributed by atoms with van der Waals surface area (Å²) in [7, 11) is 0. The number of hydrogen-bond acceptors (Lipinski definition) is 3. The molecule has 2 rings (SSSR count). The lowest BCUT2D eigenvalue weighted by Crippen LogP contribution is -2.20. The van der Waals surface area contributed by atoms with E-state index in [1.807, 2.05) is 0 Å². The molecule has 0 bridgehead atoms. The first-order chi connectivity index (χ1) is 6.20. The fraction of sp³-hybridized carbons (Fsp3) is 0.125. The van der Waals surface area contributed by atoms with E-state index in [2.05, 4.69) is 9.97 Å². The molecule has 0 amide bonds. The van der Waals surface area contributed by atoms with Crippen LogP contribution >= 0.6 is 0 Å². The van der Waals surface area contributed by atoms with Crippen LogP contribution in [0.4, 0.5) is 4.39 Å². The van der Waals surface area contributed by atoms with Crippen molar-refractivity contribution in [1.82, 2.24) is 14.4 Å². The van der Waals surface area contributed by atoms with E-state index >= 15 is 0 Å². The highest BCUT2D eigenvalue weighted by Gasteiger charge is 2.07. The van der Waals surface area contributed by atoms with Crippen molar-refractivity contribution in [2.45, 2.75) is 6.92 Å². The largest absolute Gasteiger partial charge is 0.294 e. The number of rotatable bonds is 0. The van der Waals surface area contributed by atoms with Gasteiger partial charge in [-0.3, -0.25) is 14.2 Å². The molecule has 0 aromatic carbocycles. The first-order valence-corrected chi connectivity index (χ1v) is 3.68. The summed E-state index contributed by atoms with van der Waals surface area (Å²) >= 11 is 0. The van der Waals surface area contributed by atoms with E-state index < -0.39 is 11.4 Å². The fourth-order valence-electron chi connectivity index (χ4n) is 1.09. The molecule has 2 aromatic rings. The van der Waals surface area contributed by atoms with E-state index in [1.54, 1.807) is 0 Å². The summed E-state index contributed by atoms with van der Waals surface area (Å²) in [6.07, 6.45) is 4.20. The van der Waals surface area contributed by atoms with Gasteiger partial charge in [-0.2, -0.15) is 4.39 Å². The van der Waals surface area contributed by atoms with Crippen LogP contribution < -0.4 is 5.56 Å². The Balaban J connectivity index is 3.03. The highest BCUT2D eigenvalue weighted by molar-refractivity contribution is 5.35. The number of halogens is 1. The maximum absolute atomic E-state index is 13.0. The zero-order chi connectivity index (χ0) is 9.42. The predicted molar refractivity (Wildman–Crippen MR) is 44.0 cm³/mol. The van der Waals surface area contributed by atoms with Crippen LogP contribution in [0.2, 0.25) is 0 Å². The summed E-state index contributed by atoms with van der Waals surface area (Å²) in [5.41, 5.74) is -0.241. The lowest BCUT2D eigenvalue weighted by molar-refractivity contribution is 0.585. The van der Waals surface area contributed by atoms with Crippen LogP contribution in [0.15, 0.2) is 23.4 Å². The van der Waals surface area contributed by atoms with Crippen LogP contribution in [0.1, 0.15) is 5.69 Å². The van der Waals surface area contributed by atoms with Crippen LogP contribution in [0.25, 0.3) is 5.65 Å². The summed E-state index contributed by atoms with van der Waals surface area (Å²) in [4.78, 5) is 18.9. The smallest absolute Gasteiger partial charge is 0.265 e. The molecule has 4 nitrogen and oxygen atoms in total. The van der Waals surface area contributed by atoms with E-state index in [4.69, 9.17) is 0 Å². The molecule has 0 atom stereocenters. The molecule has 5 heteroatoms. The summed E-state index contributed by atoms with van der Waals surface area (Å²) in [5.74, 6) is -0.816. The van der Waals surface area contributed by atoms with Gasteiger partial charge >= 0.3 is 0 Å². The van der Waals surface area contributed by atoms with Gasteiger partial charge in [-0.15, -0.1) is 0 Å². The van der Waals surface area contributed by atoms with Gasteiger partial charge in [-0.1, -0.05) is 0 Å². The second kappa shape index (κ2) is 2.62. The van der Waals surface area contributed by atoms with Crippen LogP contribution in [0, 0.1) is 12.7 Å². The third-order valence-corrected chi connectivity index (χ3v) is 1.75. The lowest BCUT2D eigenvalue weighted by Gasteiger charge is -1.99. The van der Waals surface area contributed by atoms with Crippen molar-refractivity contribution in [2.24, 2.45) is 0 Å². The van der Waals surface area contributed by atoms with Crippen molar-refractivity contribution < 1.29 is 4.39 Å². The maximum Gasteiger partial charge on any atom is 0.294 e. The third kappa shape index (κ3) is 1.09. The minimum absolute atomic E-state index is 0.0954. The van der Waals surface area contributed by atoms with Gasteiger partial charge in [0.05, 0.1) is 11.9 Å². The van der Waals surface area contributed by atoms with E-state index in [0.717, 1.165) is 4.40 Å². The van der Waals surface area contributed by atoms with E-state index in [9.17, 15) is 9.18 Å². The second-order valence-corrected chi connectivity index (χ2v) is 2.62. The van der Waals surface area contributed by atoms with Gasteiger partial charge in [0.25, 0.3) is 5.56 Å². The fourth-order valence-corrected chi connectivity index (χ4v) is 1.09. The molecule has 0 spiro atoms. The molecule has 2 aromatic heterocycles. The highest BCUT2D eigenvalue weighted by atomic mass is 19.1. The Morgan fingerprint density at radius 3 is 3.08 bits per heavy atom. The summed E-state index contributed by atoms with van der Waals surface area (Å²) in [6.45, 7) is 1.45. The Bertz CT molecular complexity index is 520. The van der Waals surface area contributed by atoms with Gasteiger partial charge in [-0.05, 0) is 6.92 Å². The van der Waals surface area contributed by atoms with Gasteiger partial charge in [0, 0.05) is 12.4 Å². The molecule has 13 heavy (non-hydrogen) atoms. The second-order valence-electron chi connectivity index (χ2n) is 2.62. The maximum atomic E-state index is 13.0. The molecule has 0 aliphatic heterocycles. The van der Waals surface area contributed by atoms with Crippen molar-refractivity contribution in [3.63, 3.8) is 0 Å². The van der Waals surface area contributed by atoms with Crippen LogP contribution in [0.5, 0.6) is 0 Å². The number of nitrogens with zero attached hydrogens (tertiary/aromatic N) is 3. The number of aryl methyl sites for hydroxylation is 1. The number of aromatic nitrogens is 3. The molecule has 2 heterocycles. The molecule has 0 N–H and O–H groups in total. The monoisotopic (exact) mass is 179 g/mol. The Kier molecular flexibility index (Phi) is 1.58. The van der Waals surface area contributed by atoms with Gasteiger partial charge < -0.3 is 0 Å². The van der Waals surface area contributed by atoms with E-state index in [0.29, 0.717) is 5.65 Å². The molecular weight excluding hydrogens is 173 g/mol. The average molecular weight is 179 g/mol. The number of fused-ring (bicyclic) bond motifs is 1. The van der Waals surface area contributed by atoms with E-state index in [-0.39, 0.29) is 5.69 Å². The van der Waals surface area contributed by atoms with Gasteiger partial charge in [0.15, 0.2) is 5.65 Å². The highest BCUT2D eigenvalue weighted by Crippen LogP contribution is 1.99. The Morgan fingerprint density at radius 2 is 2.31 bits per heavy atom. The van der Waals surface area contributed by atoms with Crippen molar-refractivity contribution in [1.29, 1.82) is 0 Å². The standard InChI is InChI=1S/C8H6FN3O/c1-5-7(9)8(13)12-3-2-10-4-6(12)11-5/h2-4H,1H3. The van der Waals surface area contributed by atoms with Crippen LogP contribution in [0.3, 0.4) is 0 Å². The molecule has 0 unspecified atom stereocenters. The molecule has 0 radical (unpaired) electrons. The summed E-state index contributed by atoms with van der Waals surface area (Å²) in [6, 6.07) is 0. The minimum Gasteiger partial charge on any atom is -0.265 e. The average Bonchev–Trinajstić information content (AvgIpc) is 2.15. The van der Waals surface area contributed by atoms with Crippen molar-refractivity contribution in [3.8, 4) is 0 Å². The first-order valence-electron chi connectivity index (χ1n) is 3.68. The van der Waals surface area contributed by atoms with Gasteiger partial charge in [0.1, 0.15) is 0 Å². The van der Waals surface area contributed by atoms with Crippen molar-refractivity contribution in [2.75, 3.05) is 0 Å². The van der Waals surface area contributed by atoms with Crippen molar-refractivity contribution >= 4 is 5.65 Å². The minimum atomic E-state index is -0.816. The molecule has 0 fully saturated rings. The molecule has 66 valence electrons. The molecule has 0 saturated heterocycles. The Labute approximate surface area is 72.7 Å².